The molecule has 0 bridgehead atoms. The molecule has 0 aromatic heterocycles. The number of esters is 2. The van der Waals surface area contributed by atoms with Gasteiger partial charge in [-0.1, -0.05) is 18.6 Å². The number of allylic oxidation sites excluding steroid dienone is 2. The number of carbonyl (C=O) groups is 2. The molecular weight excluding hydrogens is 284 g/mol. The fraction of sp³-hybridized carbons (Fsp3) is 0.647. The van der Waals surface area contributed by atoms with Gasteiger partial charge in [0.05, 0.1) is 12.0 Å². The van der Waals surface area contributed by atoms with Crippen LogP contribution in [0.1, 0.15) is 40.0 Å². The van der Waals surface area contributed by atoms with Crippen molar-refractivity contribution in [3.63, 3.8) is 0 Å². The smallest absolute Gasteiger partial charge is 0.309 e. The van der Waals surface area contributed by atoms with Crippen molar-refractivity contribution in [3.05, 3.63) is 23.3 Å². The van der Waals surface area contributed by atoms with Crippen LogP contribution in [0.5, 0.6) is 0 Å². The van der Waals surface area contributed by atoms with E-state index >= 15 is 0 Å². The molecule has 5 nitrogen and oxygen atoms in total. The normalized spacial score (nSPS) is 37.2. The molecule has 0 radical (unpaired) electrons. The monoisotopic (exact) mass is 308 g/mol. The van der Waals surface area contributed by atoms with Gasteiger partial charge in [0.15, 0.2) is 0 Å². The Bertz CT molecular complexity index is 505. The number of rotatable bonds is 2. The van der Waals surface area contributed by atoms with E-state index in [1.165, 1.54) is 6.92 Å². The van der Waals surface area contributed by atoms with Crippen LogP contribution in [-0.2, 0) is 19.1 Å². The predicted octanol–water partition coefficient (Wildman–Crippen LogP) is 2.14. The van der Waals surface area contributed by atoms with Gasteiger partial charge in [0.1, 0.15) is 12.7 Å². The van der Waals surface area contributed by atoms with Crippen LogP contribution in [0.15, 0.2) is 23.3 Å². The number of ether oxygens (including phenoxy) is 2. The van der Waals surface area contributed by atoms with Crippen LogP contribution in [-0.4, -0.2) is 35.9 Å². The number of carbonyl (C=O) groups excluding carboxylic acids is 2. The zero-order valence-electron chi connectivity index (χ0n) is 13.4. The van der Waals surface area contributed by atoms with Gasteiger partial charge in [-0.2, -0.15) is 0 Å². The summed E-state index contributed by atoms with van der Waals surface area (Å²) in [5.41, 5.74) is 2.02. The third-order valence-electron chi connectivity index (χ3n) is 4.38. The Morgan fingerprint density at radius 2 is 2.23 bits per heavy atom. The number of hydrogen-bond donors (Lipinski definition) is 1. The second-order valence-corrected chi connectivity index (χ2v) is 6.23. The number of fused-ring (bicyclic) bond motifs is 1. The van der Waals surface area contributed by atoms with Gasteiger partial charge < -0.3 is 14.6 Å². The summed E-state index contributed by atoms with van der Waals surface area (Å²) < 4.78 is 10.5. The van der Waals surface area contributed by atoms with Crippen LogP contribution >= 0.6 is 0 Å². The minimum atomic E-state index is -0.699. The van der Waals surface area contributed by atoms with Crippen molar-refractivity contribution < 1.29 is 24.2 Å². The molecule has 0 spiro atoms. The van der Waals surface area contributed by atoms with Crippen LogP contribution in [0.2, 0.25) is 0 Å². The lowest BCUT2D eigenvalue weighted by molar-refractivity contribution is -0.142. The molecule has 0 amide bonds. The molecule has 22 heavy (non-hydrogen) atoms. The Kier molecular flexibility index (Phi) is 5.40. The molecule has 0 aromatic carbocycles. The maximum absolute atomic E-state index is 11.8. The molecule has 0 saturated carbocycles. The van der Waals surface area contributed by atoms with Crippen LogP contribution in [0.4, 0.5) is 0 Å². The highest BCUT2D eigenvalue weighted by atomic mass is 16.6. The molecule has 1 fully saturated rings. The van der Waals surface area contributed by atoms with Crippen molar-refractivity contribution >= 4 is 11.9 Å². The standard InChI is InChI=1S/C17H24O5/c1-10-5-4-6-13(9-21-12(3)18)8-14(19)16-11(2)17(20)22-15(16)7-10/h6-7,11,14-16,19H,4-5,8-9H2,1-3H3/b10-7+,13-6-/t11?,14-,15?,16?/m1/s1. The predicted molar refractivity (Wildman–Crippen MR) is 80.9 cm³/mol. The van der Waals surface area contributed by atoms with Gasteiger partial charge in [0.25, 0.3) is 0 Å². The summed E-state index contributed by atoms with van der Waals surface area (Å²) in [5, 5.41) is 10.6. The molecule has 2 rings (SSSR count). The zero-order chi connectivity index (χ0) is 16.3. The van der Waals surface area contributed by atoms with Crippen LogP contribution < -0.4 is 0 Å². The van der Waals surface area contributed by atoms with Gasteiger partial charge in [-0.3, -0.25) is 9.59 Å². The molecule has 0 aromatic rings. The molecule has 1 N–H and O–H groups in total. The van der Waals surface area contributed by atoms with E-state index in [1.807, 2.05) is 19.1 Å². The third-order valence-corrected chi connectivity index (χ3v) is 4.38. The summed E-state index contributed by atoms with van der Waals surface area (Å²) in [6.07, 6.45) is 4.97. The van der Waals surface area contributed by atoms with Crippen LogP contribution in [0.3, 0.4) is 0 Å². The van der Waals surface area contributed by atoms with Gasteiger partial charge in [0.2, 0.25) is 0 Å². The second-order valence-electron chi connectivity index (χ2n) is 6.23. The zero-order valence-corrected chi connectivity index (χ0v) is 13.4. The summed E-state index contributed by atoms with van der Waals surface area (Å²) in [6, 6.07) is 0. The summed E-state index contributed by atoms with van der Waals surface area (Å²) in [4.78, 5) is 22.8. The molecule has 1 aliphatic carbocycles. The van der Waals surface area contributed by atoms with E-state index in [4.69, 9.17) is 9.47 Å². The number of aliphatic hydroxyl groups is 1. The largest absolute Gasteiger partial charge is 0.461 e. The summed E-state index contributed by atoms with van der Waals surface area (Å²) in [5.74, 6) is -1.20. The molecule has 3 unspecified atom stereocenters. The van der Waals surface area contributed by atoms with Gasteiger partial charge >= 0.3 is 11.9 Å². The van der Waals surface area contributed by atoms with Crippen molar-refractivity contribution in [1.82, 2.24) is 0 Å². The first-order valence-electron chi connectivity index (χ1n) is 7.75. The minimum Gasteiger partial charge on any atom is -0.461 e. The molecule has 122 valence electrons. The summed E-state index contributed by atoms with van der Waals surface area (Å²) in [7, 11) is 0. The highest BCUT2D eigenvalue weighted by Gasteiger charge is 2.44. The Morgan fingerprint density at radius 3 is 2.91 bits per heavy atom. The summed E-state index contributed by atoms with van der Waals surface area (Å²) in [6.45, 7) is 5.35. The average Bonchev–Trinajstić information content (AvgIpc) is 2.70. The van der Waals surface area contributed by atoms with E-state index < -0.39 is 6.10 Å². The van der Waals surface area contributed by atoms with Crippen molar-refractivity contribution in [2.24, 2.45) is 11.8 Å². The lowest BCUT2D eigenvalue weighted by Gasteiger charge is -2.25. The Hall–Kier alpha value is -1.62. The first kappa shape index (κ1) is 16.7. The van der Waals surface area contributed by atoms with Gasteiger partial charge in [-0.05, 0) is 37.8 Å². The number of hydrogen-bond acceptors (Lipinski definition) is 5. The topological polar surface area (TPSA) is 72.8 Å². The van der Waals surface area contributed by atoms with E-state index in [1.54, 1.807) is 6.92 Å². The van der Waals surface area contributed by atoms with E-state index in [0.717, 1.165) is 24.0 Å². The Labute approximate surface area is 131 Å². The lowest BCUT2D eigenvalue weighted by Crippen LogP contribution is -2.32. The first-order valence-corrected chi connectivity index (χ1v) is 7.75. The van der Waals surface area contributed by atoms with E-state index in [0.29, 0.717) is 6.42 Å². The van der Waals surface area contributed by atoms with Crippen molar-refractivity contribution in [1.29, 1.82) is 0 Å². The fourth-order valence-electron chi connectivity index (χ4n) is 3.13. The molecular formula is C17H24O5. The molecule has 5 heteroatoms. The maximum atomic E-state index is 11.8. The van der Waals surface area contributed by atoms with Crippen molar-refractivity contribution in [2.45, 2.75) is 52.2 Å². The third kappa shape index (κ3) is 3.97. The van der Waals surface area contributed by atoms with Gasteiger partial charge in [0, 0.05) is 12.8 Å². The van der Waals surface area contributed by atoms with Crippen molar-refractivity contribution in [3.8, 4) is 0 Å². The van der Waals surface area contributed by atoms with Gasteiger partial charge in [-0.15, -0.1) is 0 Å². The SMILES string of the molecule is CC(=O)OC/C1=C\CC/C(C)=C/C2OC(=O)C(C)C2[C@H](O)C1. The van der Waals surface area contributed by atoms with E-state index in [2.05, 4.69) is 0 Å². The molecule has 2 aliphatic rings. The summed E-state index contributed by atoms with van der Waals surface area (Å²) >= 11 is 0. The highest BCUT2D eigenvalue weighted by molar-refractivity contribution is 5.75. The van der Waals surface area contributed by atoms with Crippen LogP contribution in [0, 0.1) is 11.8 Å². The van der Waals surface area contributed by atoms with Gasteiger partial charge in [-0.25, -0.2) is 0 Å². The maximum Gasteiger partial charge on any atom is 0.309 e. The first-order chi connectivity index (χ1) is 10.4. The minimum absolute atomic E-state index is 0.190. The lowest BCUT2D eigenvalue weighted by atomic mass is 9.82. The van der Waals surface area contributed by atoms with E-state index in [9.17, 15) is 14.7 Å². The van der Waals surface area contributed by atoms with E-state index in [-0.39, 0.29) is 36.5 Å². The molecule has 4 atom stereocenters. The highest BCUT2D eigenvalue weighted by Crippen LogP contribution is 2.35. The number of aliphatic hydroxyl groups excluding tert-OH is 1. The Balaban J connectivity index is 2.20. The quantitative estimate of drug-likeness (QED) is 0.625. The average molecular weight is 308 g/mol. The molecule has 1 saturated heterocycles. The van der Waals surface area contributed by atoms with Crippen molar-refractivity contribution in [2.75, 3.05) is 6.61 Å². The second kappa shape index (κ2) is 7.09. The fourth-order valence-corrected chi connectivity index (χ4v) is 3.13. The van der Waals surface area contributed by atoms with Crippen LogP contribution in [0.25, 0.3) is 0 Å². The molecule has 1 aliphatic heterocycles. The molecule has 1 heterocycles. The Morgan fingerprint density at radius 1 is 1.50 bits per heavy atom.